The highest BCUT2D eigenvalue weighted by Gasteiger charge is 2.46. The van der Waals surface area contributed by atoms with E-state index < -0.39 is 17.5 Å². The number of phenolic OH excluding ortho intramolecular Hbond substituents is 1. The van der Waals surface area contributed by atoms with Crippen molar-refractivity contribution in [3.8, 4) is 11.5 Å². The van der Waals surface area contributed by atoms with Gasteiger partial charge < -0.3 is 9.84 Å². The fourth-order valence-corrected chi connectivity index (χ4v) is 3.97. The Morgan fingerprint density at radius 1 is 0.828 bits per heavy atom. The van der Waals surface area contributed by atoms with Crippen molar-refractivity contribution < 1.29 is 24.2 Å². The van der Waals surface area contributed by atoms with E-state index in [9.17, 15) is 19.5 Å². The number of fused-ring (bicyclic) bond motifs is 2. The molecule has 0 amide bonds. The fraction of sp³-hybridized carbons (Fsp3) is 0.125. The highest BCUT2D eigenvalue weighted by molar-refractivity contribution is 6.30. The normalized spacial score (nSPS) is 19.3. The van der Waals surface area contributed by atoms with Gasteiger partial charge in [0.25, 0.3) is 0 Å². The quantitative estimate of drug-likeness (QED) is 0.428. The van der Waals surface area contributed by atoms with E-state index in [0.717, 1.165) is 5.56 Å². The molecule has 5 heteroatoms. The van der Waals surface area contributed by atoms with E-state index in [4.69, 9.17) is 4.74 Å². The summed E-state index contributed by atoms with van der Waals surface area (Å²) in [5.41, 5.74) is 1.37. The third-order valence-corrected chi connectivity index (χ3v) is 5.55. The summed E-state index contributed by atoms with van der Waals surface area (Å²) in [6.07, 6.45) is 0.679. The van der Waals surface area contributed by atoms with Crippen LogP contribution in [0.2, 0.25) is 0 Å². The van der Waals surface area contributed by atoms with Crippen molar-refractivity contribution in [1.29, 1.82) is 0 Å². The predicted molar refractivity (Wildman–Crippen MR) is 104 cm³/mol. The summed E-state index contributed by atoms with van der Waals surface area (Å²) in [7, 11) is 0. The Kier molecular flexibility index (Phi) is 3.84. The fourth-order valence-electron chi connectivity index (χ4n) is 3.97. The molecule has 0 aliphatic heterocycles. The van der Waals surface area contributed by atoms with E-state index in [1.165, 1.54) is 12.1 Å². The maximum Gasteiger partial charge on any atom is 0.314 e. The van der Waals surface area contributed by atoms with Crippen LogP contribution in [-0.2, 0) is 4.79 Å². The summed E-state index contributed by atoms with van der Waals surface area (Å²) < 4.78 is 5.55. The molecule has 0 spiro atoms. The molecular formula is C24H16O5. The molecule has 2 aliphatic rings. The number of ether oxygens (including phenoxy) is 1. The molecule has 0 bridgehead atoms. The van der Waals surface area contributed by atoms with Crippen LogP contribution in [0.15, 0.2) is 66.7 Å². The average molecular weight is 384 g/mol. The smallest absolute Gasteiger partial charge is 0.314 e. The van der Waals surface area contributed by atoms with Crippen LogP contribution in [0, 0.1) is 5.92 Å². The standard InChI is InChI=1S/C24H16O5/c25-18-10-11-19(29-24(28)17-12-16(17)13-6-2-1-3-7-13)21-20(18)22(26)14-8-4-5-9-15(14)23(21)27/h1-11,16-17,25H,12H2/t16-,17+/m0/s1. The van der Waals surface area contributed by atoms with Crippen LogP contribution in [-0.4, -0.2) is 22.6 Å². The highest BCUT2D eigenvalue weighted by atomic mass is 16.5. The van der Waals surface area contributed by atoms with Gasteiger partial charge in [-0.25, -0.2) is 0 Å². The second-order valence-corrected chi connectivity index (χ2v) is 7.32. The second-order valence-electron chi connectivity index (χ2n) is 7.32. The van der Waals surface area contributed by atoms with Crippen molar-refractivity contribution in [3.63, 3.8) is 0 Å². The molecule has 1 N–H and O–H groups in total. The molecule has 5 rings (SSSR count). The van der Waals surface area contributed by atoms with Crippen LogP contribution >= 0.6 is 0 Å². The summed E-state index contributed by atoms with van der Waals surface area (Å²) in [5.74, 6) is -1.83. The molecular weight excluding hydrogens is 368 g/mol. The maximum atomic E-state index is 13.0. The van der Waals surface area contributed by atoms with Crippen molar-refractivity contribution in [2.45, 2.75) is 12.3 Å². The van der Waals surface area contributed by atoms with Crippen molar-refractivity contribution in [2.75, 3.05) is 0 Å². The third kappa shape index (κ3) is 2.74. The van der Waals surface area contributed by atoms with Crippen LogP contribution in [0.25, 0.3) is 0 Å². The zero-order valence-corrected chi connectivity index (χ0v) is 15.3. The first-order valence-electron chi connectivity index (χ1n) is 9.37. The Bertz CT molecular complexity index is 1180. The molecule has 3 aromatic rings. The SMILES string of the molecule is O=C1c2ccccc2C(=O)c2c(OC(=O)[C@@H]3C[C@H]3c3ccccc3)ccc(O)c21. The number of aromatic hydroxyl groups is 1. The lowest BCUT2D eigenvalue weighted by molar-refractivity contribution is -0.135. The first-order valence-corrected chi connectivity index (χ1v) is 9.37. The van der Waals surface area contributed by atoms with Crippen molar-refractivity contribution in [3.05, 3.63) is 94.5 Å². The van der Waals surface area contributed by atoms with Gasteiger partial charge in [-0.05, 0) is 30.0 Å². The molecule has 3 aromatic carbocycles. The average Bonchev–Trinajstić information content (AvgIpc) is 3.55. The molecule has 0 unspecified atom stereocenters. The van der Waals surface area contributed by atoms with E-state index in [1.807, 2.05) is 30.3 Å². The molecule has 0 aromatic heterocycles. The van der Waals surface area contributed by atoms with Crippen LogP contribution in [0.4, 0.5) is 0 Å². The number of carbonyl (C=O) groups excluding carboxylic acids is 3. The molecule has 1 saturated carbocycles. The minimum Gasteiger partial charge on any atom is -0.507 e. The van der Waals surface area contributed by atoms with Gasteiger partial charge in [0.05, 0.1) is 17.0 Å². The summed E-state index contributed by atoms with van der Waals surface area (Å²) >= 11 is 0. The van der Waals surface area contributed by atoms with Crippen molar-refractivity contribution in [1.82, 2.24) is 0 Å². The third-order valence-electron chi connectivity index (χ3n) is 5.55. The number of hydrogen-bond donors (Lipinski definition) is 1. The molecule has 5 nitrogen and oxygen atoms in total. The van der Waals surface area contributed by atoms with E-state index in [0.29, 0.717) is 6.42 Å². The maximum absolute atomic E-state index is 13.0. The van der Waals surface area contributed by atoms with Gasteiger partial charge in [0.1, 0.15) is 11.5 Å². The first kappa shape index (κ1) is 17.4. The van der Waals surface area contributed by atoms with Gasteiger partial charge in [0.15, 0.2) is 11.6 Å². The van der Waals surface area contributed by atoms with Gasteiger partial charge in [-0.3, -0.25) is 14.4 Å². The molecule has 2 atom stereocenters. The topological polar surface area (TPSA) is 80.7 Å². The monoisotopic (exact) mass is 384 g/mol. The van der Waals surface area contributed by atoms with E-state index >= 15 is 0 Å². The Balaban J connectivity index is 1.48. The molecule has 142 valence electrons. The van der Waals surface area contributed by atoms with E-state index in [2.05, 4.69) is 0 Å². The van der Waals surface area contributed by atoms with Gasteiger partial charge in [-0.1, -0.05) is 54.6 Å². The number of esters is 1. The van der Waals surface area contributed by atoms with Gasteiger partial charge >= 0.3 is 5.97 Å². The highest BCUT2D eigenvalue weighted by Crippen LogP contribution is 2.48. The molecule has 1 fully saturated rings. The van der Waals surface area contributed by atoms with Crippen LogP contribution in [0.1, 0.15) is 49.7 Å². The van der Waals surface area contributed by atoms with Gasteiger partial charge in [-0.2, -0.15) is 0 Å². The molecule has 2 aliphatic carbocycles. The van der Waals surface area contributed by atoms with Gasteiger partial charge in [0.2, 0.25) is 0 Å². The minimum absolute atomic E-state index is 0.00867. The minimum atomic E-state index is -0.459. The van der Waals surface area contributed by atoms with Crippen molar-refractivity contribution in [2.24, 2.45) is 5.92 Å². The Labute approximate surface area is 166 Å². The van der Waals surface area contributed by atoms with Gasteiger partial charge in [0, 0.05) is 11.1 Å². The molecule has 0 heterocycles. The summed E-state index contributed by atoms with van der Waals surface area (Å²) in [5, 5.41) is 10.2. The Morgan fingerprint density at radius 2 is 1.45 bits per heavy atom. The lowest BCUT2D eigenvalue weighted by atomic mass is 9.83. The number of ketones is 2. The van der Waals surface area contributed by atoms with Crippen LogP contribution in [0.3, 0.4) is 0 Å². The number of carbonyl (C=O) groups is 3. The molecule has 29 heavy (non-hydrogen) atoms. The van der Waals surface area contributed by atoms with E-state index in [1.54, 1.807) is 24.3 Å². The zero-order valence-electron chi connectivity index (χ0n) is 15.3. The Hall–Kier alpha value is -3.73. The van der Waals surface area contributed by atoms with Crippen molar-refractivity contribution >= 4 is 17.5 Å². The number of hydrogen-bond acceptors (Lipinski definition) is 5. The summed E-state index contributed by atoms with van der Waals surface area (Å²) in [6, 6.07) is 18.8. The Morgan fingerprint density at radius 3 is 2.14 bits per heavy atom. The summed E-state index contributed by atoms with van der Waals surface area (Å²) in [4.78, 5) is 38.5. The summed E-state index contributed by atoms with van der Waals surface area (Å²) in [6.45, 7) is 0. The first-order chi connectivity index (χ1) is 14.1. The van der Waals surface area contributed by atoms with Crippen LogP contribution in [0.5, 0.6) is 11.5 Å². The number of benzene rings is 3. The molecule has 0 saturated heterocycles. The second kappa shape index (κ2) is 6.41. The number of rotatable bonds is 3. The largest absolute Gasteiger partial charge is 0.507 e. The lowest BCUT2D eigenvalue weighted by Gasteiger charge is -2.20. The van der Waals surface area contributed by atoms with Crippen LogP contribution < -0.4 is 4.74 Å². The van der Waals surface area contributed by atoms with Gasteiger partial charge in [-0.15, -0.1) is 0 Å². The molecule has 0 radical (unpaired) electrons. The number of phenols is 1. The predicted octanol–water partition coefficient (Wildman–Crippen LogP) is 3.88. The lowest BCUT2D eigenvalue weighted by Crippen LogP contribution is -2.23. The van der Waals surface area contributed by atoms with E-state index in [-0.39, 0.29) is 45.6 Å². The zero-order chi connectivity index (χ0) is 20.1.